The minimum Gasteiger partial charge on any atom is -0.494 e. The summed E-state index contributed by atoms with van der Waals surface area (Å²) in [5.74, 6) is 2.53. The van der Waals surface area contributed by atoms with E-state index in [0.717, 1.165) is 65.4 Å². The summed E-state index contributed by atoms with van der Waals surface area (Å²) in [6, 6.07) is 15.8. The fraction of sp³-hybridized carbons (Fsp3) is 0.348. The summed E-state index contributed by atoms with van der Waals surface area (Å²) in [6.07, 6.45) is 5.84. The van der Waals surface area contributed by atoms with Crippen molar-refractivity contribution in [3.8, 4) is 5.75 Å². The Labute approximate surface area is 187 Å². The standard InChI is InChI=1S/C23H27ClN4OS/c1-3-5-15-29-21-13-9-18(10-14-21)16-25-28-22(6-4-2)26-27-23(28)30-17-19-7-11-20(24)12-8-19/h7-14,16H,3-6,15,17H2,1-2H3/b25-16-. The van der Waals surface area contributed by atoms with E-state index in [1.54, 1.807) is 11.8 Å². The molecule has 0 radical (unpaired) electrons. The molecular formula is C23H27ClN4OS. The van der Waals surface area contributed by atoms with E-state index in [2.05, 4.69) is 29.1 Å². The van der Waals surface area contributed by atoms with Gasteiger partial charge in [-0.05, 0) is 60.4 Å². The van der Waals surface area contributed by atoms with Crippen molar-refractivity contribution in [2.24, 2.45) is 5.10 Å². The van der Waals surface area contributed by atoms with Crippen LogP contribution in [-0.2, 0) is 12.2 Å². The third kappa shape index (κ3) is 6.61. The minimum atomic E-state index is 0.739. The number of ether oxygens (including phenoxy) is 1. The topological polar surface area (TPSA) is 52.3 Å². The van der Waals surface area contributed by atoms with Gasteiger partial charge in [-0.1, -0.05) is 55.8 Å². The van der Waals surface area contributed by atoms with Crippen molar-refractivity contribution in [1.29, 1.82) is 0 Å². The lowest BCUT2D eigenvalue weighted by Crippen LogP contribution is -2.00. The fourth-order valence-corrected chi connectivity index (χ4v) is 3.71. The molecule has 0 aliphatic heterocycles. The van der Waals surface area contributed by atoms with E-state index in [-0.39, 0.29) is 0 Å². The molecule has 7 heteroatoms. The Bertz CT molecular complexity index is 939. The zero-order chi connectivity index (χ0) is 21.2. The van der Waals surface area contributed by atoms with Crippen LogP contribution in [0, 0.1) is 0 Å². The maximum Gasteiger partial charge on any atom is 0.212 e. The summed E-state index contributed by atoms with van der Waals surface area (Å²) < 4.78 is 7.56. The van der Waals surface area contributed by atoms with Crippen LogP contribution in [0.4, 0.5) is 0 Å². The first-order valence-corrected chi connectivity index (χ1v) is 11.6. The Morgan fingerprint density at radius 1 is 1.03 bits per heavy atom. The van der Waals surface area contributed by atoms with E-state index < -0.39 is 0 Å². The first-order chi connectivity index (χ1) is 14.7. The van der Waals surface area contributed by atoms with Gasteiger partial charge in [0.1, 0.15) is 5.75 Å². The molecule has 1 aromatic heterocycles. The van der Waals surface area contributed by atoms with Crippen LogP contribution in [0.2, 0.25) is 5.02 Å². The monoisotopic (exact) mass is 442 g/mol. The molecule has 1 heterocycles. The number of unbranched alkanes of at least 4 members (excludes halogenated alkanes) is 1. The molecule has 0 amide bonds. The highest BCUT2D eigenvalue weighted by Crippen LogP contribution is 2.23. The van der Waals surface area contributed by atoms with Gasteiger partial charge in [-0.3, -0.25) is 0 Å². The van der Waals surface area contributed by atoms with Gasteiger partial charge in [0.05, 0.1) is 12.8 Å². The van der Waals surface area contributed by atoms with Gasteiger partial charge >= 0.3 is 0 Å². The van der Waals surface area contributed by atoms with Crippen LogP contribution in [0.1, 0.15) is 50.1 Å². The van der Waals surface area contributed by atoms with Crippen LogP contribution in [0.3, 0.4) is 0 Å². The van der Waals surface area contributed by atoms with Crippen LogP contribution in [0.5, 0.6) is 5.75 Å². The zero-order valence-corrected chi connectivity index (χ0v) is 19.0. The average Bonchev–Trinajstić information content (AvgIpc) is 3.15. The first-order valence-electron chi connectivity index (χ1n) is 10.3. The van der Waals surface area contributed by atoms with E-state index in [0.29, 0.717) is 0 Å². The van der Waals surface area contributed by atoms with Crippen molar-refractivity contribution in [2.45, 2.75) is 50.4 Å². The molecule has 2 aromatic carbocycles. The molecule has 3 aromatic rings. The second kappa shape index (κ2) is 11.8. The summed E-state index contributed by atoms with van der Waals surface area (Å²) in [5, 5.41) is 14.9. The van der Waals surface area contributed by atoms with Crippen LogP contribution in [-0.4, -0.2) is 27.7 Å². The largest absolute Gasteiger partial charge is 0.494 e. The van der Waals surface area contributed by atoms with Crippen LogP contribution < -0.4 is 4.74 Å². The Morgan fingerprint density at radius 3 is 2.50 bits per heavy atom. The molecule has 5 nitrogen and oxygen atoms in total. The maximum atomic E-state index is 5.97. The minimum absolute atomic E-state index is 0.739. The zero-order valence-electron chi connectivity index (χ0n) is 17.4. The van der Waals surface area contributed by atoms with Gasteiger partial charge in [0.15, 0.2) is 5.82 Å². The van der Waals surface area contributed by atoms with E-state index in [9.17, 15) is 0 Å². The average molecular weight is 443 g/mol. The number of halogens is 1. The third-order valence-electron chi connectivity index (χ3n) is 4.40. The fourth-order valence-electron chi connectivity index (χ4n) is 2.72. The Hall–Kier alpha value is -2.31. The quantitative estimate of drug-likeness (QED) is 0.200. The molecular weight excluding hydrogens is 416 g/mol. The second-order valence-corrected chi connectivity index (χ2v) is 8.27. The molecule has 0 saturated heterocycles. The van der Waals surface area contributed by atoms with Crippen LogP contribution in [0.15, 0.2) is 58.8 Å². The molecule has 0 aliphatic rings. The maximum absolute atomic E-state index is 5.97. The van der Waals surface area contributed by atoms with Gasteiger partial charge in [-0.25, -0.2) is 0 Å². The molecule has 0 atom stereocenters. The molecule has 158 valence electrons. The van der Waals surface area contributed by atoms with Gasteiger partial charge in [0, 0.05) is 17.2 Å². The lowest BCUT2D eigenvalue weighted by Gasteiger charge is -2.06. The van der Waals surface area contributed by atoms with Crippen molar-refractivity contribution in [3.63, 3.8) is 0 Å². The van der Waals surface area contributed by atoms with Crippen molar-refractivity contribution >= 4 is 29.6 Å². The number of thioether (sulfide) groups is 1. The number of hydrogen-bond donors (Lipinski definition) is 0. The van der Waals surface area contributed by atoms with Gasteiger partial charge in [-0.15, -0.1) is 10.2 Å². The molecule has 0 spiro atoms. The molecule has 0 aliphatic carbocycles. The van der Waals surface area contributed by atoms with E-state index in [1.807, 2.05) is 59.4 Å². The molecule has 0 bridgehead atoms. The van der Waals surface area contributed by atoms with Gasteiger partial charge < -0.3 is 4.74 Å². The van der Waals surface area contributed by atoms with E-state index in [1.165, 1.54) is 5.56 Å². The van der Waals surface area contributed by atoms with Crippen molar-refractivity contribution in [1.82, 2.24) is 14.9 Å². The van der Waals surface area contributed by atoms with Crippen molar-refractivity contribution in [2.75, 3.05) is 6.61 Å². The summed E-state index contributed by atoms with van der Waals surface area (Å²) in [6.45, 7) is 5.03. The first kappa shape index (κ1) is 22.4. The molecule has 3 rings (SSSR count). The number of benzene rings is 2. The molecule has 0 N–H and O–H groups in total. The summed E-state index contributed by atoms with van der Waals surface area (Å²) >= 11 is 7.59. The van der Waals surface area contributed by atoms with E-state index >= 15 is 0 Å². The van der Waals surface area contributed by atoms with Crippen molar-refractivity contribution in [3.05, 3.63) is 70.5 Å². The SMILES string of the molecule is CCCCOc1ccc(/C=N\n2c(CCC)nnc2SCc2ccc(Cl)cc2)cc1. The summed E-state index contributed by atoms with van der Waals surface area (Å²) in [5.41, 5.74) is 2.18. The van der Waals surface area contributed by atoms with Crippen LogP contribution in [0.25, 0.3) is 0 Å². The van der Waals surface area contributed by atoms with E-state index in [4.69, 9.17) is 16.3 Å². The summed E-state index contributed by atoms with van der Waals surface area (Å²) in [4.78, 5) is 0. The third-order valence-corrected chi connectivity index (χ3v) is 5.64. The number of aryl methyl sites for hydroxylation is 1. The molecule has 30 heavy (non-hydrogen) atoms. The Morgan fingerprint density at radius 2 is 1.80 bits per heavy atom. The lowest BCUT2D eigenvalue weighted by molar-refractivity contribution is 0.309. The van der Waals surface area contributed by atoms with Crippen LogP contribution >= 0.6 is 23.4 Å². The highest BCUT2D eigenvalue weighted by atomic mass is 35.5. The second-order valence-electron chi connectivity index (χ2n) is 6.89. The predicted molar refractivity (Wildman–Crippen MR) is 125 cm³/mol. The smallest absolute Gasteiger partial charge is 0.212 e. The highest BCUT2D eigenvalue weighted by molar-refractivity contribution is 7.98. The Balaban J connectivity index is 1.70. The van der Waals surface area contributed by atoms with Crippen molar-refractivity contribution < 1.29 is 4.74 Å². The molecule has 0 saturated carbocycles. The van der Waals surface area contributed by atoms with Gasteiger partial charge in [-0.2, -0.15) is 9.78 Å². The predicted octanol–water partition coefficient (Wildman–Crippen LogP) is 6.24. The number of aromatic nitrogens is 3. The molecule has 0 fully saturated rings. The Kier molecular flexibility index (Phi) is 8.78. The number of nitrogens with zero attached hydrogens (tertiary/aromatic N) is 4. The lowest BCUT2D eigenvalue weighted by atomic mass is 10.2. The number of hydrogen-bond acceptors (Lipinski definition) is 5. The normalized spacial score (nSPS) is 11.3. The highest BCUT2D eigenvalue weighted by Gasteiger charge is 2.11. The molecule has 0 unspecified atom stereocenters. The van der Waals surface area contributed by atoms with Gasteiger partial charge in [0.25, 0.3) is 0 Å². The number of rotatable bonds is 11. The van der Waals surface area contributed by atoms with Gasteiger partial charge in [0.2, 0.25) is 5.16 Å². The summed E-state index contributed by atoms with van der Waals surface area (Å²) in [7, 11) is 0.